The second-order valence-corrected chi connectivity index (χ2v) is 15.1. The Labute approximate surface area is 350 Å². The van der Waals surface area contributed by atoms with E-state index in [2.05, 4.69) is 211 Å². The predicted octanol–water partition coefficient (Wildman–Crippen LogP) is 15.0. The lowest BCUT2D eigenvalue weighted by molar-refractivity contribution is 1.13. The summed E-state index contributed by atoms with van der Waals surface area (Å²) in [4.78, 5) is 10.5. The molecule has 0 radical (unpaired) electrons. The lowest BCUT2D eigenvalue weighted by Gasteiger charge is -2.16. The maximum absolute atomic E-state index is 5.29. The van der Waals surface area contributed by atoms with Crippen LogP contribution < -0.4 is 0 Å². The van der Waals surface area contributed by atoms with Crippen LogP contribution in [-0.4, -0.2) is 19.1 Å². The van der Waals surface area contributed by atoms with Crippen LogP contribution in [0, 0.1) is 13.8 Å². The fourth-order valence-electron chi connectivity index (χ4n) is 8.85. The van der Waals surface area contributed by atoms with Gasteiger partial charge in [0.2, 0.25) is 0 Å². The number of hydrogen-bond donors (Lipinski definition) is 0. The first kappa shape index (κ1) is 36.8. The van der Waals surface area contributed by atoms with E-state index in [9.17, 15) is 0 Å². The maximum Gasteiger partial charge on any atom is 0.160 e. The Bertz CT molecular complexity index is 3350. The zero-order valence-electron chi connectivity index (χ0n) is 34.3. The fourth-order valence-corrected chi connectivity index (χ4v) is 8.85. The molecule has 0 aliphatic heterocycles. The molecule has 0 aliphatic rings. The van der Waals surface area contributed by atoms with Gasteiger partial charge in [0.05, 0.1) is 33.5 Å². The summed E-state index contributed by atoms with van der Waals surface area (Å²) in [5.41, 5.74) is 16.7. The Morgan fingerprint density at radius 3 is 1.47 bits per heavy atom. The van der Waals surface area contributed by atoms with Gasteiger partial charge in [-0.25, -0.2) is 9.97 Å². The first-order valence-electron chi connectivity index (χ1n) is 20.8. The van der Waals surface area contributed by atoms with Crippen molar-refractivity contribution in [3.8, 4) is 56.4 Å². The van der Waals surface area contributed by atoms with Crippen LogP contribution in [0.2, 0.25) is 0 Å². The normalized spacial score (nSPS) is 11.3. The molecule has 11 aromatic rings. The van der Waals surface area contributed by atoms with E-state index in [1.54, 1.807) is 0 Å². The van der Waals surface area contributed by atoms with E-state index < -0.39 is 0 Å². The molecule has 60 heavy (non-hydrogen) atoms. The van der Waals surface area contributed by atoms with Crippen molar-refractivity contribution >= 4 is 43.6 Å². The third-order valence-electron chi connectivity index (χ3n) is 11.6. The van der Waals surface area contributed by atoms with Crippen molar-refractivity contribution in [3.05, 3.63) is 205 Å². The summed E-state index contributed by atoms with van der Waals surface area (Å²) in [5, 5.41) is 4.92. The van der Waals surface area contributed by atoms with Crippen molar-refractivity contribution in [1.29, 1.82) is 0 Å². The molecule has 3 heterocycles. The quantitative estimate of drug-likeness (QED) is 0.169. The molecule has 4 nitrogen and oxygen atoms in total. The van der Waals surface area contributed by atoms with Gasteiger partial charge in [-0.3, -0.25) is 0 Å². The molecule has 0 saturated heterocycles. The SMILES string of the molecule is CC.Cc1ccccc1-c1nc(-c2cccc(-n3c4ccccc4c4cc(-c5ccc6c(c5)c5ccccc5n6-c5ccccc5)ccc43)c2)nc(-c2ccccc2)c1C. The largest absolute Gasteiger partial charge is 0.309 e. The third-order valence-corrected chi connectivity index (χ3v) is 11.6. The molecular weight excluding hydrogens is 729 g/mol. The highest BCUT2D eigenvalue weighted by Crippen LogP contribution is 2.39. The van der Waals surface area contributed by atoms with E-state index in [-0.39, 0.29) is 0 Å². The summed E-state index contributed by atoms with van der Waals surface area (Å²) < 4.78 is 4.75. The Hall–Kier alpha value is -7.56. The zero-order valence-corrected chi connectivity index (χ0v) is 34.3. The summed E-state index contributed by atoms with van der Waals surface area (Å²) in [7, 11) is 0. The van der Waals surface area contributed by atoms with Gasteiger partial charge in [-0.2, -0.15) is 0 Å². The van der Waals surface area contributed by atoms with Gasteiger partial charge in [0.15, 0.2) is 5.82 Å². The van der Waals surface area contributed by atoms with Crippen molar-refractivity contribution < 1.29 is 0 Å². The van der Waals surface area contributed by atoms with Gasteiger partial charge in [0.1, 0.15) is 0 Å². The minimum Gasteiger partial charge on any atom is -0.309 e. The van der Waals surface area contributed by atoms with Gasteiger partial charge in [0, 0.05) is 55.2 Å². The number of fused-ring (bicyclic) bond motifs is 6. The average Bonchev–Trinajstić information content (AvgIpc) is 3.83. The smallest absolute Gasteiger partial charge is 0.160 e. The van der Waals surface area contributed by atoms with E-state index in [1.165, 1.54) is 49.3 Å². The fraction of sp³-hybridized carbons (Fsp3) is 0.0714. The van der Waals surface area contributed by atoms with Crippen LogP contribution in [0.5, 0.6) is 0 Å². The van der Waals surface area contributed by atoms with Gasteiger partial charge >= 0.3 is 0 Å². The van der Waals surface area contributed by atoms with E-state index in [4.69, 9.17) is 9.97 Å². The molecule has 0 amide bonds. The van der Waals surface area contributed by atoms with Gasteiger partial charge in [-0.1, -0.05) is 147 Å². The number of nitrogens with zero attached hydrogens (tertiary/aromatic N) is 4. The topological polar surface area (TPSA) is 35.6 Å². The Morgan fingerprint density at radius 2 is 0.833 bits per heavy atom. The molecule has 4 heteroatoms. The predicted molar refractivity (Wildman–Crippen MR) is 253 cm³/mol. The first-order valence-corrected chi connectivity index (χ1v) is 20.8. The van der Waals surface area contributed by atoms with Crippen LogP contribution in [0.1, 0.15) is 25.0 Å². The Balaban J connectivity index is 0.00000213. The third kappa shape index (κ3) is 6.16. The summed E-state index contributed by atoms with van der Waals surface area (Å²) in [6.07, 6.45) is 0. The molecule has 11 rings (SSSR count). The molecule has 0 spiro atoms. The van der Waals surface area contributed by atoms with Crippen molar-refractivity contribution in [1.82, 2.24) is 19.1 Å². The van der Waals surface area contributed by atoms with Crippen LogP contribution in [0.3, 0.4) is 0 Å². The standard InChI is InChI=1S/C54H38N4.C2H6/c1-35-16-9-10-23-43(35)53-36(2)52(37-17-5-3-6-18-37)55-54(56-53)40-19-15-22-42(32-40)58-49-27-14-12-25-45(49)47-34-39(29-31-51(47)58)38-28-30-50-46(33-38)44-24-11-13-26-48(44)57(50)41-20-7-4-8-21-41;1-2/h3-34H,1-2H3;1-2H3. The number of aromatic nitrogens is 4. The lowest BCUT2D eigenvalue weighted by atomic mass is 9.98. The monoisotopic (exact) mass is 772 g/mol. The number of aryl methyl sites for hydroxylation is 1. The second kappa shape index (κ2) is 15.3. The highest BCUT2D eigenvalue weighted by Gasteiger charge is 2.19. The van der Waals surface area contributed by atoms with Crippen molar-refractivity contribution in [2.45, 2.75) is 27.7 Å². The molecule has 0 bridgehead atoms. The molecule has 0 aliphatic carbocycles. The molecule has 288 valence electrons. The molecule has 3 aromatic heterocycles. The van der Waals surface area contributed by atoms with Crippen LogP contribution in [0.15, 0.2) is 194 Å². The summed E-state index contributed by atoms with van der Waals surface area (Å²) >= 11 is 0. The summed E-state index contributed by atoms with van der Waals surface area (Å²) in [6.45, 7) is 8.29. The number of hydrogen-bond acceptors (Lipinski definition) is 2. The van der Waals surface area contributed by atoms with Crippen molar-refractivity contribution in [3.63, 3.8) is 0 Å². The Kier molecular flexibility index (Phi) is 9.38. The van der Waals surface area contributed by atoms with Crippen LogP contribution in [0.25, 0.3) is 100 Å². The molecule has 0 saturated carbocycles. The highest BCUT2D eigenvalue weighted by molar-refractivity contribution is 6.12. The van der Waals surface area contributed by atoms with E-state index in [1.807, 2.05) is 19.9 Å². The molecular formula is C56H44N4. The summed E-state index contributed by atoms with van der Waals surface area (Å²) in [5.74, 6) is 0.705. The molecule has 0 unspecified atom stereocenters. The summed E-state index contributed by atoms with van der Waals surface area (Å²) in [6, 6.07) is 69.5. The zero-order chi connectivity index (χ0) is 40.7. The van der Waals surface area contributed by atoms with E-state index in [0.717, 1.165) is 56.0 Å². The first-order chi connectivity index (χ1) is 29.6. The van der Waals surface area contributed by atoms with Gasteiger partial charge in [0.25, 0.3) is 0 Å². The minimum atomic E-state index is 0.705. The highest BCUT2D eigenvalue weighted by atomic mass is 15.0. The molecule has 8 aromatic carbocycles. The number of rotatable bonds is 6. The molecule has 0 atom stereocenters. The van der Waals surface area contributed by atoms with Crippen molar-refractivity contribution in [2.24, 2.45) is 0 Å². The van der Waals surface area contributed by atoms with Gasteiger partial charge in [-0.15, -0.1) is 0 Å². The van der Waals surface area contributed by atoms with Gasteiger partial charge < -0.3 is 9.13 Å². The van der Waals surface area contributed by atoms with E-state index in [0.29, 0.717) is 5.82 Å². The molecule has 0 N–H and O–H groups in total. The van der Waals surface area contributed by atoms with Crippen LogP contribution >= 0.6 is 0 Å². The molecule has 0 fully saturated rings. The minimum absolute atomic E-state index is 0.705. The van der Waals surface area contributed by atoms with Gasteiger partial charge in [-0.05, 0) is 91.2 Å². The van der Waals surface area contributed by atoms with Crippen LogP contribution in [0.4, 0.5) is 0 Å². The van der Waals surface area contributed by atoms with E-state index >= 15 is 0 Å². The average molecular weight is 773 g/mol. The van der Waals surface area contributed by atoms with Crippen LogP contribution in [-0.2, 0) is 0 Å². The number of benzene rings is 8. The maximum atomic E-state index is 5.29. The number of para-hydroxylation sites is 3. The second-order valence-electron chi connectivity index (χ2n) is 15.1. The Morgan fingerprint density at radius 1 is 0.350 bits per heavy atom. The van der Waals surface area contributed by atoms with Crippen molar-refractivity contribution in [2.75, 3.05) is 0 Å². The lowest BCUT2D eigenvalue weighted by Crippen LogP contribution is -2.02.